The van der Waals surface area contributed by atoms with Crippen LogP contribution < -0.4 is 0 Å². The molecule has 0 bridgehead atoms. The molecule has 0 spiro atoms. The van der Waals surface area contributed by atoms with Gasteiger partial charge in [0.05, 0.1) is 19.1 Å². The smallest absolute Gasteiger partial charge is 0.306 e. The first-order chi connectivity index (χ1) is 6.40. The van der Waals surface area contributed by atoms with Crippen LogP contribution in [0, 0.1) is 0 Å². The molecule has 7 heteroatoms. The van der Waals surface area contributed by atoms with Crippen molar-refractivity contribution in [3.8, 4) is 0 Å². The maximum atomic E-state index is 10.1. The summed E-state index contributed by atoms with van der Waals surface area (Å²) in [6.07, 6.45) is -7.66. The number of carboxylic acid groups (broad SMARTS) is 1. The third kappa shape index (κ3) is 3.99. The third-order valence-electron chi connectivity index (χ3n) is 1.71. The van der Waals surface area contributed by atoms with Crippen LogP contribution in [-0.2, 0) is 4.79 Å². The second kappa shape index (κ2) is 5.89. The zero-order valence-electron chi connectivity index (χ0n) is 7.32. The highest BCUT2D eigenvalue weighted by atomic mass is 16.4. The minimum Gasteiger partial charge on any atom is -0.481 e. The van der Waals surface area contributed by atoms with Gasteiger partial charge >= 0.3 is 5.97 Å². The third-order valence-corrected chi connectivity index (χ3v) is 1.71. The molecule has 0 radical (unpaired) electrons. The van der Waals surface area contributed by atoms with Crippen LogP contribution in [-0.4, -0.2) is 67.6 Å². The molecule has 0 unspecified atom stereocenters. The number of carboxylic acids is 1. The molecule has 0 saturated carbocycles. The summed E-state index contributed by atoms with van der Waals surface area (Å²) in [7, 11) is 0. The topological polar surface area (TPSA) is 138 Å². The first-order valence-corrected chi connectivity index (χ1v) is 3.95. The molecule has 4 atom stereocenters. The van der Waals surface area contributed by atoms with Crippen molar-refractivity contribution in [2.45, 2.75) is 30.8 Å². The van der Waals surface area contributed by atoms with Crippen LogP contribution in [0.4, 0.5) is 0 Å². The van der Waals surface area contributed by atoms with Crippen molar-refractivity contribution in [1.82, 2.24) is 0 Å². The van der Waals surface area contributed by atoms with E-state index in [0.29, 0.717) is 0 Å². The van der Waals surface area contributed by atoms with E-state index in [2.05, 4.69) is 0 Å². The average Bonchev–Trinajstić information content (AvgIpc) is 2.13. The fourth-order valence-electron chi connectivity index (χ4n) is 0.863. The maximum absolute atomic E-state index is 10.1. The molecule has 0 fully saturated rings. The van der Waals surface area contributed by atoms with Gasteiger partial charge in [-0.25, -0.2) is 0 Å². The summed E-state index contributed by atoms with van der Waals surface area (Å²) in [6, 6.07) is 0. The van der Waals surface area contributed by atoms with E-state index in [9.17, 15) is 4.79 Å². The summed E-state index contributed by atoms with van der Waals surface area (Å²) in [5, 5.41) is 52.7. The van der Waals surface area contributed by atoms with E-state index in [1.54, 1.807) is 0 Å². The quantitative estimate of drug-likeness (QED) is 0.273. The molecule has 0 aromatic rings. The van der Waals surface area contributed by atoms with Crippen molar-refractivity contribution >= 4 is 5.97 Å². The molecule has 84 valence electrons. The second-order valence-electron chi connectivity index (χ2n) is 2.90. The van der Waals surface area contributed by atoms with E-state index < -0.39 is 43.4 Å². The van der Waals surface area contributed by atoms with Gasteiger partial charge in [0.1, 0.15) is 18.3 Å². The molecule has 0 heterocycles. The number of carbonyl (C=O) groups is 1. The molecular formula is C7H14O7. The Kier molecular flexibility index (Phi) is 5.58. The molecule has 0 saturated heterocycles. The normalized spacial score (nSPS) is 19.8. The van der Waals surface area contributed by atoms with Gasteiger partial charge in [-0.2, -0.15) is 0 Å². The van der Waals surface area contributed by atoms with Crippen LogP contribution >= 0.6 is 0 Å². The van der Waals surface area contributed by atoms with Crippen LogP contribution in [0.2, 0.25) is 0 Å². The Hall–Kier alpha value is -0.730. The SMILES string of the molecule is O=C(O)C[C@@H](O)[C@@H](O)[C@H](O)[C@H](O)CO. The lowest BCUT2D eigenvalue weighted by Crippen LogP contribution is -2.46. The van der Waals surface area contributed by atoms with E-state index in [0.717, 1.165) is 0 Å². The molecule has 0 aliphatic carbocycles. The van der Waals surface area contributed by atoms with Crippen molar-refractivity contribution in [3.63, 3.8) is 0 Å². The zero-order chi connectivity index (χ0) is 11.3. The number of aliphatic carboxylic acids is 1. The first-order valence-electron chi connectivity index (χ1n) is 3.95. The van der Waals surface area contributed by atoms with Crippen molar-refractivity contribution in [3.05, 3.63) is 0 Å². The summed E-state index contributed by atoms with van der Waals surface area (Å²) >= 11 is 0. The van der Waals surface area contributed by atoms with Gasteiger partial charge in [-0.3, -0.25) is 4.79 Å². The van der Waals surface area contributed by atoms with Gasteiger partial charge in [0.2, 0.25) is 0 Å². The van der Waals surface area contributed by atoms with E-state index in [-0.39, 0.29) is 0 Å². The first kappa shape index (κ1) is 13.3. The summed E-state index contributed by atoms with van der Waals surface area (Å²) < 4.78 is 0. The Morgan fingerprint density at radius 2 is 1.43 bits per heavy atom. The van der Waals surface area contributed by atoms with Gasteiger partial charge in [-0.15, -0.1) is 0 Å². The fourth-order valence-corrected chi connectivity index (χ4v) is 0.863. The lowest BCUT2D eigenvalue weighted by atomic mass is 10.0. The molecule has 0 aliphatic heterocycles. The molecule has 0 aliphatic rings. The van der Waals surface area contributed by atoms with Crippen LogP contribution in [0.5, 0.6) is 0 Å². The number of hydrogen-bond donors (Lipinski definition) is 6. The van der Waals surface area contributed by atoms with Gasteiger partial charge < -0.3 is 30.6 Å². The van der Waals surface area contributed by atoms with Crippen LogP contribution in [0.1, 0.15) is 6.42 Å². The van der Waals surface area contributed by atoms with Crippen molar-refractivity contribution < 1.29 is 35.4 Å². The second-order valence-corrected chi connectivity index (χ2v) is 2.90. The maximum Gasteiger partial charge on any atom is 0.306 e. The van der Waals surface area contributed by atoms with Gasteiger partial charge in [0.25, 0.3) is 0 Å². The average molecular weight is 210 g/mol. The van der Waals surface area contributed by atoms with E-state index >= 15 is 0 Å². The van der Waals surface area contributed by atoms with Gasteiger partial charge in [0.15, 0.2) is 0 Å². The number of aliphatic hydroxyl groups is 5. The highest BCUT2D eigenvalue weighted by Gasteiger charge is 2.30. The molecule has 0 amide bonds. The van der Waals surface area contributed by atoms with Crippen molar-refractivity contribution in [2.75, 3.05) is 6.61 Å². The lowest BCUT2D eigenvalue weighted by molar-refractivity contribution is -0.147. The fraction of sp³-hybridized carbons (Fsp3) is 0.857. The summed E-state index contributed by atoms with van der Waals surface area (Å²) in [5.74, 6) is -1.35. The number of rotatable bonds is 6. The summed E-state index contributed by atoms with van der Waals surface area (Å²) in [5.41, 5.74) is 0. The largest absolute Gasteiger partial charge is 0.481 e. The Balaban J connectivity index is 4.15. The highest BCUT2D eigenvalue weighted by molar-refractivity contribution is 5.67. The van der Waals surface area contributed by atoms with Crippen LogP contribution in [0.15, 0.2) is 0 Å². The minimum absolute atomic E-state index is 0.754. The van der Waals surface area contributed by atoms with Gasteiger partial charge in [0, 0.05) is 0 Å². The Morgan fingerprint density at radius 3 is 1.79 bits per heavy atom. The van der Waals surface area contributed by atoms with E-state index in [4.69, 9.17) is 30.6 Å². The van der Waals surface area contributed by atoms with Crippen molar-refractivity contribution in [2.24, 2.45) is 0 Å². The minimum atomic E-state index is -1.81. The lowest BCUT2D eigenvalue weighted by Gasteiger charge is -2.24. The highest BCUT2D eigenvalue weighted by Crippen LogP contribution is 2.07. The Labute approximate surface area is 79.9 Å². The molecule has 0 aromatic carbocycles. The number of hydrogen-bond acceptors (Lipinski definition) is 6. The molecule has 6 N–H and O–H groups in total. The Bertz CT molecular complexity index is 183. The molecule has 7 nitrogen and oxygen atoms in total. The Morgan fingerprint density at radius 1 is 1.00 bits per heavy atom. The number of aliphatic hydroxyl groups excluding tert-OH is 5. The van der Waals surface area contributed by atoms with Crippen LogP contribution in [0.3, 0.4) is 0 Å². The monoisotopic (exact) mass is 210 g/mol. The predicted octanol–water partition coefficient (Wildman–Crippen LogP) is -3.10. The van der Waals surface area contributed by atoms with Gasteiger partial charge in [-0.1, -0.05) is 0 Å². The van der Waals surface area contributed by atoms with E-state index in [1.165, 1.54) is 0 Å². The molecular weight excluding hydrogens is 196 g/mol. The zero-order valence-corrected chi connectivity index (χ0v) is 7.32. The predicted molar refractivity (Wildman–Crippen MR) is 43.4 cm³/mol. The molecule has 0 rings (SSSR count). The van der Waals surface area contributed by atoms with E-state index in [1.807, 2.05) is 0 Å². The van der Waals surface area contributed by atoms with Crippen LogP contribution in [0.25, 0.3) is 0 Å². The molecule has 0 aromatic heterocycles. The summed E-state index contributed by atoms with van der Waals surface area (Å²) in [6.45, 7) is -0.794. The standard InChI is InChI=1S/C7H14O7/c8-2-4(10)7(14)6(13)3(9)1-5(11)12/h3-4,6-10,13-14H,1-2H2,(H,11,12)/t3-,4-,6-,7-/m1/s1. The molecule has 14 heavy (non-hydrogen) atoms. The summed E-state index contributed by atoms with van der Waals surface area (Å²) in [4.78, 5) is 10.1. The van der Waals surface area contributed by atoms with Gasteiger partial charge in [-0.05, 0) is 0 Å². The van der Waals surface area contributed by atoms with Crippen molar-refractivity contribution in [1.29, 1.82) is 0 Å².